The van der Waals surface area contributed by atoms with Gasteiger partial charge in [0.25, 0.3) is 5.91 Å². The van der Waals surface area contributed by atoms with E-state index in [1.165, 1.54) is 0 Å². The van der Waals surface area contributed by atoms with Gasteiger partial charge in [-0.2, -0.15) is 0 Å². The van der Waals surface area contributed by atoms with Gasteiger partial charge in [-0.05, 0) is 74.5 Å². The van der Waals surface area contributed by atoms with Crippen LogP contribution in [0.5, 0.6) is 5.75 Å². The van der Waals surface area contributed by atoms with Crippen LogP contribution in [0, 0.1) is 0 Å². The molecule has 0 spiro atoms. The number of pyridine rings is 1. The fourth-order valence-corrected chi connectivity index (χ4v) is 2.72. The molecule has 0 fully saturated rings. The maximum atomic E-state index is 12.6. The quantitative estimate of drug-likeness (QED) is 0.599. The fourth-order valence-electron chi connectivity index (χ4n) is 2.72. The Morgan fingerprint density at radius 3 is 2.24 bits per heavy atom. The third kappa shape index (κ3) is 5.72. The molecule has 1 heterocycles. The first-order chi connectivity index (χ1) is 13.9. The Balaban J connectivity index is 1.66. The Bertz CT molecular complexity index is 951. The van der Waals surface area contributed by atoms with E-state index >= 15 is 0 Å². The topological polar surface area (TPSA) is 66.5 Å². The number of rotatable bonds is 7. The zero-order chi connectivity index (χ0) is 20.8. The molecule has 3 rings (SSSR count). The van der Waals surface area contributed by atoms with E-state index in [0.717, 1.165) is 17.1 Å². The summed E-state index contributed by atoms with van der Waals surface area (Å²) in [6.07, 6.45) is 1.72. The molecule has 150 valence electrons. The third-order valence-electron chi connectivity index (χ3n) is 4.16. The Morgan fingerprint density at radius 2 is 1.62 bits per heavy atom. The number of aromatic nitrogens is 1. The number of nitrogens with zero attached hydrogens (tertiary/aromatic N) is 2. The Morgan fingerprint density at radius 1 is 0.966 bits per heavy atom. The fraction of sp³-hybridized carbons (Fsp3) is 0.217. The Labute approximate surface area is 171 Å². The van der Waals surface area contributed by atoms with Crippen molar-refractivity contribution in [3.63, 3.8) is 0 Å². The molecule has 1 aromatic heterocycles. The van der Waals surface area contributed by atoms with Gasteiger partial charge in [-0.3, -0.25) is 4.79 Å². The standard InChI is InChI=1S/C23H26N4O2/c1-16(2)29-21-11-7-19(8-12-21)26-23(28)17-13-14-24-22(15-17)25-18-5-9-20(10-6-18)27(3)4/h5-16H,1-4H3,(H,24,25)(H,26,28). The Kier molecular flexibility index (Phi) is 6.34. The van der Waals surface area contributed by atoms with Crippen molar-refractivity contribution in [3.8, 4) is 5.75 Å². The minimum atomic E-state index is -0.198. The molecule has 0 unspecified atom stereocenters. The van der Waals surface area contributed by atoms with Gasteiger partial charge in [-0.1, -0.05) is 0 Å². The number of amides is 1. The molecule has 0 saturated heterocycles. The van der Waals surface area contributed by atoms with Crippen LogP contribution in [0.25, 0.3) is 0 Å². The van der Waals surface area contributed by atoms with Gasteiger partial charge in [0, 0.05) is 42.9 Å². The molecule has 6 nitrogen and oxygen atoms in total. The van der Waals surface area contributed by atoms with E-state index < -0.39 is 0 Å². The second kappa shape index (κ2) is 9.10. The second-order valence-electron chi connectivity index (χ2n) is 7.14. The smallest absolute Gasteiger partial charge is 0.255 e. The van der Waals surface area contributed by atoms with E-state index in [4.69, 9.17) is 4.74 Å². The number of ether oxygens (including phenoxy) is 1. The predicted octanol–water partition coefficient (Wildman–Crippen LogP) is 4.93. The molecule has 2 N–H and O–H groups in total. The minimum absolute atomic E-state index is 0.109. The van der Waals surface area contributed by atoms with Crippen LogP contribution < -0.4 is 20.3 Å². The molecule has 0 aliphatic rings. The summed E-state index contributed by atoms with van der Waals surface area (Å²) >= 11 is 0. The van der Waals surface area contributed by atoms with Crippen LogP contribution in [0.15, 0.2) is 66.9 Å². The second-order valence-corrected chi connectivity index (χ2v) is 7.14. The Hall–Kier alpha value is -3.54. The molecular weight excluding hydrogens is 364 g/mol. The van der Waals surface area contributed by atoms with Crippen LogP contribution in [0.3, 0.4) is 0 Å². The first-order valence-corrected chi connectivity index (χ1v) is 9.49. The minimum Gasteiger partial charge on any atom is -0.491 e. The number of carbonyl (C=O) groups excluding carboxylic acids is 1. The third-order valence-corrected chi connectivity index (χ3v) is 4.16. The summed E-state index contributed by atoms with van der Waals surface area (Å²) in [6.45, 7) is 3.95. The van der Waals surface area contributed by atoms with Crippen LogP contribution >= 0.6 is 0 Å². The van der Waals surface area contributed by atoms with Crippen molar-refractivity contribution < 1.29 is 9.53 Å². The first-order valence-electron chi connectivity index (χ1n) is 9.49. The summed E-state index contributed by atoms with van der Waals surface area (Å²) < 4.78 is 5.62. The molecule has 0 saturated carbocycles. The average molecular weight is 390 g/mol. The summed E-state index contributed by atoms with van der Waals surface area (Å²) in [6, 6.07) is 18.7. The van der Waals surface area contributed by atoms with Gasteiger partial charge in [0.05, 0.1) is 6.10 Å². The lowest BCUT2D eigenvalue weighted by Crippen LogP contribution is -2.12. The number of carbonyl (C=O) groups is 1. The maximum absolute atomic E-state index is 12.6. The summed E-state index contributed by atoms with van der Waals surface area (Å²) in [5.41, 5.74) is 3.24. The molecule has 1 amide bonds. The molecule has 0 radical (unpaired) electrons. The molecule has 0 aliphatic carbocycles. The van der Waals surface area contributed by atoms with E-state index in [2.05, 4.69) is 15.6 Å². The highest BCUT2D eigenvalue weighted by Crippen LogP contribution is 2.21. The molecule has 3 aromatic rings. The van der Waals surface area contributed by atoms with Crippen molar-refractivity contribution in [3.05, 3.63) is 72.4 Å². The molecule has 29 heavy (non-hydrogen) atoms. The van der Waals surface area contributed by atoms with Gasteiger partial charge >= 0.3 is 0 Å². The van der Waals surface area contributed by atoms with E-state index in [1.54, 1.807) is 18.3 Å². The zero-order valence-electron chi connectivity index (χ0n) is 17.1. The normalized spacial score (nSPS) is 10.5. The van der Waals surface area contributed by atoms with E-state index in [-0.39, 0.29) is 12.0 Å². The van der Waals surface area contributed by atoms with Gasteiger partial charge in [0.2, 0.25) is 0 Å². The maximum Gasteiger partial charge on any atom is 0.255 e. The number of nitrogens with one attached hydrogen (secondary N) is 2. The van der Waals surface area contributed by atoms with Crippen LogP contribution in [-0.4, -0.2) is 31.1 Å². The number of hydrogen-bond acceptors (Lipinski definition) is 5. The molecule has 0 atom stereocenters. The number of hydrogen-bond donors (Lipinski definition) is 2. The van der Waals surface area contributed by atoms with Crippen molar-refractivity contribution in [2.45, 2.75) is 20.0 Å². The van der Waals surface area contributed by atoms with E-state index in [0.29, 0.717) is 17.1 Å². The van der Waals surface area contributed by atoms with E-state index in [9.17, 15) is 4.79 Å². The number of benzene rings is 2. The molecular formula is C23H26N4O2. The lowest BCUT2D eigenvalue weighted by molar-refractivity contribution is 0.102. The van der Waals surface area contributed by atoms with Gasteiger partial charge in [-0.15, -0.1) is 0 Å². The lowest BCUT2D eigenvalue weighted by atomic mass is 10.2. The zero-order valence-corrected chi connectivity index (χ0v) is 17.1. The van der Waals surface area contributed by atoms with Gasteiger partial charge in [-0.25, -0.2) is 4.98 Å². The van der Waals surface area contributed by atoms with Crippen molar-refractivity contribution in [2.75, 3.05) is 29.6 Å². The average Bonchev–Trinajstić information content (AvgIpc) is 2.70. The van der Waals surface area contributed by atoms with Gasteiger partial charge in [0.15, 0.2) is 0 Å². The van der Waals surface area contributed by atoms with E-state index in [1.807, 2.05) is 81.4 Å². The molecule has 2 aromatic carbocycles. The first kappa shape index (κ1) is 20.2. The van der Waals surface area contributed by atoms with Gasteiger partial charge < -0.3 is 20.3 Å². The van der Waals surface area contributed by atoms with Crippen LogP contribution in [0.1, 0.15) is 24.2 Å². The van der Waals surface area contributed by atoms with Crippen molar-refractivity contribution in [2.24, 2.45) is 0 Å². The van der Waals surface area contributed by atoms with Crippen LogP contribution in [0.2, 0.25) is 0 Å². The SMILES string of the molecule is CC(C)Oc1ccc(NC(=O)c2ccnc(Nc3ccc(N(C)C)cc3)c2)cc1. The lowest BCUT2D eigenvalue weighted by Gasteiger charge is -2.13. The van der Waals surface area contributed by atoms with Crippen molar-refractivity contribution in [1.82, 2.24) is 4.98 Å². The highest BCUT2D eigenvalue weighted by molar-refractivity contribution is 6.04. The monoisotopic (exact) mass is 390 g/mol. The van der Waals surface area contributed by atoms with Crippen molar-refractivity contribution >= 4 is 28.8 Å². The summed E-state index contributed by atoms with van der Waals surface area (Å²) in [7, 11) is 3.99. The largest absolute Gasteiger partial charge is 0.491 e. The number of anilines is 4. The highest BCUT2D eigenvalue weighted by Gasteiger charge is 2.08. The summed E-state index contributed by atoms with van der Waals surface area (Å²) in [4.78, 5) is 18.9. The summed E-state index contributed by atoms with van der Waals surface area (Å²) in [5, 5.41) is 6.12. The van der Waals surface area contributed by atoms with Gasteiger partial charge in [0.1, 0.15) is 11.6 Å². The molecule has 0 bridgehead atoms. The summed E-state index contributed by atoms with van der Waals surface area (Å²) in [5.74, 6) is 1.18. The predicted molar refractivity (Wildman–Crippen MR) is 118 cm³/mol. The van der Waals surface area contributed by atoms with Crippen molar-refractivity contribution in [1.29, 1.82) is 0 Å². The molecule has 6 heteroatoms. The van der Waals surface area contributed by atoms with Crippen LogP contribution in [0.4, 0.5) is 22.9 Å². The van der Waals surface area contributed by atoms with Crippen LogP contribution in [-0.2, 0) is 0 Å². The molecule has 0 aliphatic heterocycles. The highest BCUT2D eigenvalue weighted by atomic mass is 16.5.